The molecule has 1 unspecified atom stereocenters. The zero-order valence-corrected chi connectivity index (χ0v) is 19.3. The lowest BCUT2D eigenvalue weighted by Gasteiger charge is -2.36. The van der Waals surface area contributed by atoms with Crippen molar-refractivity contribution >= 4 is 28.2 Å². The summed E-state index contributed by atoms with van der Waals surface area (Å²) in [7, 11) is 0. The molecule has 5 nitrogen and oxygen atoms in total. The van der Waals surface area contributed by atoms with Crippen molar-refractivity contribution in [2.24, 2.45) is 5.92 Å². The molecule has 1 saturated heterocycles. The Morgan fingerprint density at radius 3 is 2.88 bits per heavy atom. The highest BCUT2D eigenvalue weighted by Crippen LogP contribution is 2.32. The number of pyridine rings is 1. The van der Waals surface area contributed by atoms with Crippen LogP contribution in [0.4, 0.5) is 11.4 Å². The number of aryl methyl sites for hydroxylation is 1. The van der Waals surface area contributed by atoms with Gasteiger partial charge in [-0.3, -0.25) is 14.7 Å². The molecule has 1 atom stereocenters. The van der Waals surface area contributed by atoms with E-state index in [2.05, 4.69) is 32.7 Å². The number of rotatable bonds is 6. The molecule has 0 radical (unpaired) electrons. The van der Waals surface area contributed by atoms with Gasteiger partial charge in [0.2, 0.25) is 0 Å². The first kappa shape index (κ1) is 21.7. The maximum Gasteiger partial charge on any atom is 0.253 e. The Hall–Kier alpha value is -3.18. The molecule has 1 fully saturated rings. The lowest BCUT2D eigenvalue weighted by molar-refractivity contribution is 0.0947. The van der Waals surface area contributed by atoms with Gasteiger partial charge in [-0.2, -0.15) is 0 Å². The van der Waals surface area contributed by atoms with Gasteiger partial charge in [0, 0.05) is 36.4 Å². The number of piperidine rings is 1. The number of carbonyl (C=O) groups is 1. The fraction of sp³-hybridized carbons (Fsp3) is 0.357. The Balaban J connectivity index is 1.25. The van der Waals surface area contributed by atoms with Crippen molar-refractivity contribution in [3.8, 4) is 0 Å². The first-order valence-corrected chi connectivity index (χ1v) is 12.1. The summed E-state index contributed by atoms with van der Waals surface area (Å²) in [6.07, 6.45) is 7.63. The summed E-state index contributed by atoms with van der Waals surface area (Å²) in [5.41, 5.74) is 5.92. The van der Waals surface area contributed by atoms with Crippen molar-refractivity contribution in [1.82, 2.24) is 15.2 Å². The summed E-state index contributed by atoms with van der Waals surface area (Å²) in [5.74, 6) is 0.760. The molecular weight excluding hydrogens is 408 g/mol. The quantitative estimate of drug-likeness (QED) is 0.501. The number of nitrogens with zero attached hydrogens (tertiary/aromatic N) is 2. The van der Waals surface area contributed by atoms with Gasteiger partial charge in [0.15, 0.2) is 0 Å². The fourth-order valence-corrected chi connectivity index (χ4v) is 5.16. The molecule has 5 rings (SSSR count). The van der Waals surface area contributed by atoms with Crippen molar-refractivity contribution in [3.63, 3.8) is 0 Å². The second-order valence-corrected chi connectivity index (χ2v) is 9.23. The average molecular weight is 441 g/mol. The van der Waals surface area contributed by atoms with Gasteiger partial charge in [-0.25, -0.2) is 0 Å². The summed E-state index contributed by atoms with van der Waals surface area (Å²) in [6, 6.07) is 17.8. The number of fused-ring (bicyclic) bond motifs is 2. The van der Waals surface area contributed by atoms with E-state index in [9.17, 15) is 4.79 Å². The summed E-state index contributed by atoms with van der Waals surface area (Å²) in [6.45, 7) is 5.72. The first-order chi connectivity index (χ1) is 16.2. The van der Waals surface area contributed by atoms with E-state index in [1.807, 2.05) is 55.5 Å². The van der Waals surface area contributed by atoms with Crippen LogP contribution in [0.2, 0.25) is 0 Å². The molecule has 3 aromatic rings. The third kappa shape index (κ3) is 4.93. The van der Waals surface area contributed by atoms with Crippen LogP contribution in [0.3, 0.4) is 0 Å². The van der Waals surface area contributed by atoms with Gasteiger partial charge in [-0.15, -0.1) is 0 Å². The minimum Gasteiger partial charge on any atom is -0.354 e. The highest BCUT2D eigenvalue weighted by Gasteiger charge is 2.25. The second-order valence-electron chi connectivity index (χ2n) is 9.23. The molecule has 1 aliphatic heterocycles. The molecule has 1 aliphatic carbocycles. The van der Waals surface area contributed by atoms with Crippen LogP contribution in [0.25, 0.3) is 10.9 Å². The van der Waals surface area contributed by atoms with Gasteiger partial charge >= 0.3 is 0 Å². The number of anilines is 2. The second kappa shape index (κ2) is 9.75. The van der Waals surface area contributed by atoms with E-state index in [0.29, 0.717) is 12.1 Å². The van der Waals surface area contributed by atoms with Crippen molar-refractivity contribution in [3.05, 3.63) is 77.5 Å². The van der Waals surface area contributed by atoms with Gasteiger partial charge in [0.25, 0.3) is 5.91 Å². The Morgan fingerprint density at radius 1 is 1.09 bits per heavy atom. The lowest BCUT2D eigenvalue weighted by Crippen LogP contribution is -2.41. The smallest absolute Gasteiger partial charge is 0.253 e. The lowest BCUT2D eigenvalue weighted by atomic mass is 9.82. The number of aromatic nitrogens is 1. The van der Waals surface area contributed by atoms with Crippen molar-refractivity contribution in [1.29, 1.82) is 0 Å². The largest absolute Gasteiger partial charge is 0.354 e. The van der Waals surface area contributed by atoms with E-state index in [-0.39, 0.29) is 5.91 Å². The molecular formula is C28H32N4O. The number of likely N-dealkylation sites (tertiary alicyclic amines) is 1. The SMILES string of the molecule is Cc1cc(Nc2ccccc2C(=O)NCCN2CCC3CCCC=C3C2)c2ccccc2n1. The maximum absolute atomic E-state index is 13.1. The minimum atomic E-state index is -0.0417. The van der Waals surface area contributed by atoms with Crippen molar-refractivity contribution in [2.75, 3.05) is 31.5 Å². The van der Waals surface area contributed by atoms with Crippen molar-refractivity contribution < 1.29 is 4.79 Å². The third-order valence-corrected chi connectivity index (χ3v) is 6.89. The van der Waals surface area contributed by atoms with Gasteiger partial charge in [-0.1, -0.05) is 42.0 Å². The molecule has 2 heterocycles. The standard InChI is InChI=1S/C28H32N4O/c1-20-18-27(23-10-4-6-12-25(23)30-20)31-26-13-7-5-11-24(26)28(33)29-15-17-32-16-14-21-8-2-3-9-22(21)19-32/h4-7,9-13,18,21H,2-3,8,14-17,19H2,1H3,(H,29,33)(H,30,31). The predicted octanol–water partition coefficient (Wildman–Crippen LogP) is 5.45. The van der Waals surface area contributed by atoms with E-state index in [4.69, 9.17) is 0 Å². The molecule has 2 N–H and O–H groups in total. The molecule has 0 spiro atoms. The predicted molar refractivity (Wildman–Crippen MR) is 135 cm³/mol. The molecule has 2 aliphatic rings. The number of hydrogen-bond acceptors (Lipinski definition) is 4. The summed E-state index contributed by atoms with van der Waals surface area (Å²) >= 11 is 0. The van der Waals surface area contributed by atoms with E-state index < -0.39 is 0 Å². The van der Waals surface area contributed by atoms with Crippen LogP contribution in [0, 0.1) is 12.8 Å². The normalized spacial score (nSPS) is 18.5. The molecule has 170 valence electrons. The van der Waals surface area contributed by atoms with E-state index in [1.165, 1.54) is 25.7 Å². The van der Waals surface area contributed by atoms with E-state index >= 15 is 0 Å². The monoisotopic (exact) mass is 440 g/mol. The molecule has 1 amide bonds. The molecule has 0 bridgehead atoms. The summed E-state index contributed by atoms with van der Waals surface area (Å²) < 4.78 is 0. The summed E-state index contributed by atoms with van der Waals surface area (Å²) in [5, 5.41) is 7.67. The van der Waals surface area contributed by atoms with E-state index in [0.717, 1.165) is 53.5 Å². The van der Waals surface area contributed by atoms with Crippen LogP contribution >= 0.6 is 0 Å². The van der Waals surface area contributed by atoms with Crippen LogP contribution in [-0.2, 0) is 0 Å². The van der Waals surface area contributed by atoms with E-state index in [1.54, 1.807) is 5.57 Å². The van der Waals surface area contributed by atoms with Crippen LogP contribution < -0.4 is 10.6 Å². The topological polar surface area (TPSA) is 57.3 Å². The zero-order chi connectivity index (χ0) is 22.6. The Morgan fingerprint density at radius 2 is 1.94 bits per heavy atom. The van der Waals surface area contributed by atoms with Crippen molar-refractivity contribution in [2.45, 2.75) is 32.6 Å². The van der Waals surface area contributed by atoms with Gasteiger partial charge in [0.05, 0.1) is 16.8 Å². The van der Waals surface area contributed by atoms with Crippen LogP contribution in [0.5, 0.6) is 0 Å². The average Bonchev–Trinajstić information content (AvgIpc) is 2.84. The fourth-order valence-electron chi connectivity index (χ4n) is 5.16. The van der Waals surface area contributed by atoms with Gasteiger partial charge < -0.3 is 10.6 Å². The zero-order valence-electron chi connectivity index (χ0n) is 19.3. The third-order valence-electron chi connectivity index (χ3n) is 6.89. The van der Waals surface area contributed by atoms with Gasteiger partial charge in [-0.05, 0) is 69.3 Å². The number of para-hydroxylation sites is 2. The first-order valence-electron chi connectivity index (χ1n) is 12.1. The molecule has 2 aromatic carbocycles. The Bertz CT molecular complexity index is 1190. The van der Waals surface area contributed by atoms with Crippen LogP contribution in [0.1, 0.15) is 41.7 Å². The Kier molecular flexibility index (Phi) is 6.40. The number of benzene rings is 2. The maximum atomic E-state index is 13.1. The number of nitrogens with one attached hydrogen (secondary N) is 2. The van der Waals surface area contributed by atoms with Gasteiger partial charge in [0.1, 0.15) is 0 Å². The molecule has 0 saturated carbocycles. The number of hydrogen-bond donors (Lipinski definition) is 2. The molecule has 5 heteroatoms. The number of amides is 1. The molecule has 1 aromatic heterocycles. The Labute approximate surface area is 195 Å². The van der Waals surface area contributed by atoms with Crippen LogP contribution in [0.15, 0.2) is 66.2 Å². The van der Waals surface area contributed by atoms with Crippen LogP contribution in [-0.4, -0.2) is 42.0 Å². The molecule has 33 heavy (non-hydrogen) atoms. The number of allylic oxidation sites excluding steroid dienone is 1. The highest BCUT2D eigenvalue weighted by atomic mass is 16.1. The summed E-state index contributed by atoms with van der Waals surface area (Å²) in [4.78, 5) is 20.2. The minimum absolute atomic E-state index is 0.0417. The number of carbonyl (C=O) groups excluding carboxylic acids is 1. The highest BCUT2D eigenvalue weighted by molar-refractivity contribution is 6.02.